The number of fused-ring (bicyclic) bond motifs is 2. The lowest BCUT2D eigenvalue weighted by Crippen LogP contribution is -2.50. The van der Waals surface area contributed by atoms with E-state index in [-0.39, 0.29) is 11.3 Å². The van der Waals surface area contributed by atoms with Gasteiger partial charge in [0.25, 0.3) is 0 Å². The van der Waals surface area contributed by atoms with Gasteiger partial charge >= 0.3 is 0 Å². The summed E-state index contributed by atoms with van der Waals surface area (Å²) in [4.78, 5) is 25.6. The van der Waals surface area contributed by atoms with Crippen LogP contribution in [0, 0.1) is 5.41 Å². The third-order valence-corrected chi connectivity index (χ3v) is 5.18. The fourth-order valence-electron chi connectivity index (χ4n) is 3.82. The molecule has 1 heterocycles. The van der Waals surface area contributed by atoms with Gasteiger partial charge in [-0.15, -0.1) is 0 Å². The quantitative estimate of drug-likeness (QED) is 0.520. The van der Waals surface area contributed by atoms with E-state index in [1.165, 1.54) is 0 Å². The summed E-state index contributed by atoms with van der Waals surface area (Å²) < 4.78 is 2.11. The summed E-state index contributed by atoms with van der Waals surface area (Å²) in [5, 5.41) is 10.7. The molecule has 3 N–H and O–H groups in total. The summed E-state index contributed by atoms with van der Waals surface area (Å²) in [5.74, 6) is 0.00542. The Labute approximate surface area is 164 Å². The second-order valence-electron chi connectivity index (χ2n) is 7.39. The fourth-order valence-corrected chi connectivity index (χ4v) is 3.82. The summed E-state index contributed by atoms with van der Waals surface area (Å²) in [7, 11) is 3.69. The number of nitrogens with one attached hydrogen (secondary N) is 3. The van der Waals surface area contributed by atoms with Gasteiger partial charge in [-0.05, 0) is 45.3 Å². The second kappa shape index (κ2) is 8.54. The fraction of sp³-hybridized carbons (Fsp3) is 0.364. The van der Waals surface area contributed by atoms with Crippen LogP contribution in [0.15, 0.2) is 53.3 Å². The first-order valence-electron chi connectivity index (χ1n) is 9.59. The zero-order chi connectivity index (χ0) is 20.1. The minimum atomic E-state index is -0.531. The molecular formula is C22H28N4O2. The van der Waals surface area contributed by atoms with Gasteiger partial charge in [0.05, 0.1) is 16.4 Å². The number of benzene rings is 2. The highest BCUT2D eigenvalue weighted by Crippen LogP contribution is 2.19. The van der Waals surface area contributed by atoms with Crippen molar-refractivity contribution in [3.05, 3.63) is 58.8 Å². The maximum absolute atomic E-state index is 12.8. The molecule has 0 saturated heterocycles. The lowest BCUT2D eigenvalue weighted by atomic mass is 9.89. The summed E-state index contributed by atoms with van der Waals surface area (Å²) in [6.07, 6.45) is 0. The van der Waals surface area contributed by atoms with Gasteiger partial charge in [-0.1, -0.05) is 24.3 Å². The number of hydrogen-bond donors (Lipinski definition) is 3. The van der Waals surface area contributed by atoms with Crippen LogP contribution in [0.1, 0.15) is 6.92 Å². The Morgan fingerprint density at radius 1 is 0.929 bits per heavy atom. The van der Waals surface area contributed by atoms with E-state index in [9.17, 15) is 9.59 Å². The van der Waals surface area contributed by atoms with Crippen molar-refractivity contribution >= 4 is 27.7 Å². The first kappa shape index (κ1) is 20.0. The van der Waals surface area contributed by atoms with Crippen LogP contribution in [0.2, 0.25) is 0 Å². The van der Waals surface area contributed by atoms with Gasteiger partial charge in [-0.2, -0.15) is 0 Å². The standard InChI is InChI=1S/C22H28N4O2/c1-22(14-23-2,15-24-3)21(28)25-12-13-26-18-10-6-4-8-16(18)20(27)17-9-5-7-11-19(17)26/h4-11,23-24H,12-15H2,1-3H3,(H,25,28). The van der Waals surface area contributed by atoms with Crippen molar-refractivity contribution in [3.8, 4) is 0 Å². The van der Waals surface area contributed by atoms with Gasteiger partial charge in [0.2, 0.25) is 5.91 Å². The van der Waals surface area contributed by atoms with Crippen molar-refractivity contribution in [2.24, 2.45) is 5.41 Å². The molecule has 6 heteroatoms. The number of pyridine rings is 1. The molecule has 3 rings (SSSR count). The molecule has 0 unspecified atom stereocenters. The Balaban J connectivity index is 1.89. The largest absolute Gasteiger partial charge is 0.354 e. The highest BCUT2D eigenvalue weighted by Gasteiger charge is 2.31. The van der Waals surface area contributed by atoms with E-state index in [1.807, 2.05) is 69.6 Å². The predicted molar refractivity (Wildman–Crippen MR) is 115 cm³/mol. The van der Waals surface area contributed by atoms with Crippen LogP contribution in [-0.4, -0.2) is 44.2 Å². The highest BCUT2D eigenvalue weighted by molar-refractivity contribution is 5.93. The molecule has 3 aromatic rings. The number of carbonyl (C=O) groups is 1. The number of nitrogens with zero attached hydrogens (tertiary/aromatic N) is 1. The second-order valence-corrected chi connectivity index (χ2v) is 7.39. The molecule has 0 radical (unpaired) electrons. The van der Waals surface area contributed by atoms with E-state index in [0.29, 0.717) is 37.0 Å². The van der Waals surface area contributed by atoms with Crippen molar-refractivity contribution in [1.29, 1.82) is 0 Å². The lowest BCUT2D eigenvalue weighted by molar-refractivity contribution is -0.129. The summed E-state index contributed by atoms with van der Waals surface area (Å²) >= 11 is 0. The molecule has 1 amide bonds. The zero-order valence-corrected chi connectivity index (χ0v) is 16.7. The Hall–Kier alpha value is -2.70. The molecular weight excluding hydrogens is 352 g/mol. The average molecular weight is 380 g/mol. The van der Waals surface area contributed by atoms with Crippen molar-refractivity contribution in [2.75, 3.05) is 33.7 Å². The molecule has 148 valence electrons. The van der Waals surface area contributed by atoms with Crippen LogP contribution in [0.5, 0.6) is 0 Å². The first-order chi connectivity index (χ1) is 13.5. The number of para-hydroxylation sites is 2. The maximum Gasteiger partial charge on any atom is 0.228 e. The van der Waals surface area contributed by atoms with E-state index in [0.717, 1.165) is 11.0 Å². The molecule has 28 heavy (non-hydrogen) atoms. The van der Waals surface area contributed by atoms with Crippen LogP contribution in [0.4, 0.5) is 0 Å². The minimum Gasteiger partial charge on any atom is -0.354 e. The maximum atomic E-state index is 12.8. The monoisotopic (exact) mass is 380 g/mol. The van der Waals surface area contributed by atoms with Crippen molar-refractivity contribution in [1.82, 2.24) is 20.5 Å². The molecule has 6 nitrogen and oxygen atoms in total. The summed E-state index contributed by atoms with van der Waals surface area (Å²) in [5.41, 5.74) is 1.28. The third kappa shape index (κ3) is 3.79. The van der Waals surface area contributed by atoms with Crippen molar-refractivity contribution in [2.45, 2.75) is 13.5 Å². The number of aromatic nitrogens is 1. The smallest absolute Gasteiger partial charge is 0.228 e. The summed E-state index contributed by atoms with van der Waals surface area (Å²) in [6.45, 7) is 4.19. The van der Waals surface area contributed by atoms with Crippen molar-refractivity contribution < 1.29 is 4.79 Å². The van der Waals surface area contributed by atoms with Gasteiger partial charge in [0.15, 0.2) is 5.43 Å². The van der Waals surface area contributed by atoms with E-state index in [2.05, 4.69) is 20.5 Å². The Morgan fingerprint density at radius 3 is 1.93 bits per heavy atom. The molecule has 0 aliphatic rings. The van der Waals surface area contributed by atoms with Gasteiger partial charge in [0, 0.05) is 37.0 Å². The highest BCUT2D eigenvalue weighted by atomic mass is 16.2. The normalized spacial score (nSPS) is 11.8. The van der Waals surface area contributed by atoms with Gasteiger partial charge in [-0.25, -0.2) is 0 Å². The molecule has 0 aliphatic heterocycles. The molecule has 0 atom stereocenters. The molecule has 1 aromatic heterocycles. The molecule has 2 aromatic carbocycles. The van der Waals surface area contributed by atoms with Gasteiger partial charge < -0.3 is 20.5 Å². The molecule has 0 aliphatic carbocycles. The van der Waals surface area contributed by atoms with Crippen LogP contribution in [0.3, 0.4) is 0 Å². The van der Waals surface area contributed by atoms with Crippen molar-refractivity contribution in [3.63, 3.8) is 0 Å². The molecule has 0 saturated carbocycles. The molecule has 0 fully saturated rings. The van der Waals surface area contributed by atoms with E-state index in [1.54, 1.807) is 0 Å². The third-order valence-electron chi connectivity index (χ3n) is 5.18. The topological polar surface area (TPSA) is 75.2 Å². The average Bonchev–Trinajstić information content (AvgIpc) is 2.70. The number of hydrogen-bond acceptors (Lipinski definition) is 4. The van der Waals surface area contributed by atoms with Crippen LogP contribution < -0.4 is 21.4 Å². The minimum absolute atomic E-state index is 0.00542. The first-order valence-corrected chi connectivity index (χ1v) is 9.59. The Morgan fingerprint density at radius 2 is 1.43 bits per heavy atom. The Bertz CT molecular complexity index is 976. The zero-order valence-electron chi connectivity index (χ0n) is 16.7. The Kier molecular flexibility index (Phi) is 6.11. The molecule has 0 bridgehead atoms. The van der Waals surface area contributed by atoms with Crippen LogP contribution in [-0.2, 0) is 11.3 Å². The van der Waals surface area contributed by atoms with E-state index < -0.39 is 5.41 Å². The SMILES string of the molecule is CNCC(C)(CNC)C(=O)NCCn1c2ccccc2c(=O)c2ccccc21. The van der Waals surface area contributed by atoms with Crippen LogP contribution >= 0.6 is 0 Å². The van der Waals surface area contributed by atoms with Crippen LogP contribution in [0.25, 0.3) is 21.8 Å². The van der Waals surface area contributed by atoms with Gasteiger partial charge in [0.1, 0.15) is 0 Å². The number of amides is 1. The van der Waals surface area contributed by atoms with E-state index >= 15 is 0 Å². The van der Waals surface area contributed by atoms with Gasteiger partial charge in [-0.3, -0.25) is 9.59 Å². The number of carbonyl (C=O) groups excluding carboxylic acids is 1. The lowest BCUT2D eigenvalue weighted by Gasteiger charge is -2.28. The predicted octanol–water partition coefficient (Wildman–Crippen LogP) is 1.72. The summed E-state index contributed by atoms with van der Waals surface area (Å²) in [6, 6.07) is 15.3. The van der Waals surface area contributed by atoms with E-state index in [4.69, 9.17) is 0 Å². The number of rotatable bonds is 8. The molecule has 0 spiro atoms.